The van der Waals surface area contributed by atoms with Crippen molar-refractivity contribution in [3.8, 4) is 0 Å². The van der Waals surface area contributed by atoms with E-state index in [0.717, 1.165) is 45.0 Å². The molecule has 2 saturated heterocycles. The van der Waals surface area contributed by atoms with Crippen LogP contribution in [0, 0.1) is 5.41 Å². The molecule has 2 aliphatic rings. The molecule has 1 amide bonds. The summed E-state index contributed by atoms with van der Waals surface area (Å²) in [5, 5.41) is 2.68. The lowest BCUT2D eigenvalue weighted by atomic mass is 9.87. The normalized spacial score (nSPS) is 26.1. The van der Waals surface area contributed by atoms with Crippen molar-refractivity contribution in [3.05, 3.63) is 23.9 Å². The minimum absolute atomic E-state index is 0.0771. The fourth-order valence-electron chi connectivity index (χ4n) is 3.05. The number of hydrogen-bond acceptors (Lipinski definition) is 4. The number of pyridine rings is 1. The number of aromatic nitrogens is 1. The molecular formula is C14H19N3O2. The van der Waals surface area contributed by atoms with Gasteiger partial charge in [0.25, 0.3) is 5.91 Å². The third-order valence-corrected chi connectivity index (χ3v) is 4.18. The number of carbonyl (C=O) groups excluding carboxylic acids is 1. The Morgan fingerprint density at radius 3 is 3.16 bits per heavy atom. The standard InChI is InChI=1S/C14H19N3O2/c1-15-13(18)11-3-2-6-16-12(11)17-7-4-14(9-17)5-8-19-10-14/h2-3,6H,4-5,7-10H2,1H3,(H,15,18)/t14-/m1/s1. The van der Waals surface area contributed by atoms with Gasteiger partial charge in [0.05, 0.1) is 12.2 Å². The Balaban J connectivity index is 1.85. The highest BCUT2D eigenvalue weighted by Gasteiger charge is 2.42. The summed E-state index contributed by atoms with van der Waals surface area (Å²) in [5.41, 5.74) is 0.929. The zero-order chi connectivity index (χ0) is 13.3. The van der Waals surface area contributed by atoms with Crippen LogP contribution in [0.25, 0.3) is 0 Å². The number of hydrogen-bond donors (Lipinski definition) is 1. The minimum Gasteiger partial charge on any atom is -0.381 e. The maximum absolute atomic E-state index is 11.9. The van der Waals surface area contributed by atoms with Crippen molar-refractivity contribution < 1.29 is 9.53 Å². The summed E-state index contributed by atoms with van der Waals surface area (Å²) in [6.45, 7) is 3.59. The predicted octanol–water partition coefficient (Wildman–Crippen LogP) is 1.06. The number of ether oxygens (including phenoxy) is 1. The first-order valence-corrected chi connectivity index (χ1v) is 6.74. The summed E-state index contributed by atoms with van der Waals surface area (Å²) in [6, 6.07) is 3.63. The van der Waals surface area contributed by atoms with Crippen LogP contribution in [0.1, 0.15) is 23.2 Å². The van der Waals surface area contributed by atoms with Crippen molar-refractivity contribution in [2.45, 2.75) is 12.8 Å². The lowest BCUT2D eigenvalue weighted by Crippen LogP contribution is -2.30. The Kier molecular flexibility index (Phi) is 3.14. The number of anilines is 1. The molecule has 3 heterocycles. The average Bonchev–Trinajstić information content (AvgIpc) is 3.09. The van der Waals surface area contributed by atoms with Crippen molar-refractivity contribution in [1.29, 1.82) is 0 Å². The maximum Gasteiger partial charge on any atom is 0.254 e. The molecule has 1 aromatic heterocycles. The Hall–Kier alpha value is -1.62. The Morgan fingerprint density at radius 2 is 2.42 bits per heavy atom. The number of nitrogens with one attached hydrogen (secondary N) is 1. The van der Waals surface area contributed by atoms with Gasteiger partial charge in [-0.3, -0.25) is 4.79 Å². The molecule has 0 radical (unpaired) electrons. The quantitative estimate of drug-likeness (QED) is 0.865. The van der Waals surface area contributed by atoms with Gasteiger partial charge in [0.15, 0.2) is 0 Å². The van der Waals surface area contributed by atoms with Crippen LogP contribution in [0.4, 0.5) is 5.82 Å². The van der Waals surface area contributed by atoms with Crippen LogP contribution in [0.15, 0.2) is 18.3 Å². The number of rotatable bonds is 2. The first kappa shape index (κ1) is 12.4. The lowest BCUT2D eigenvalue weighted by molar-refractivity contribution is 0.0963. The minimum atomic E-state index is -0.0771. The first-order valence-electron chi connectivity index (χ1n) is 6.74. The van der Waals surface area contributed by atoms with Gasteiger partial charge in [-0.25, -0.2) is 4.98 Å². The molecule has 0 saturated carbocycles. The summed E-state index contributed by atoms with van der Waals surface area (Å²) in [7, 11) is 1.65. The van der Waals surface area contributed by atoms with Crippen molar-refractivity contribution in [1.82, 2.24) is 10.3 Å². The smallest absolute Gasteiger partial charge is 0.254 e. The number of nitrogens with zero attached hydrogens (tertiary/aromatic N) is 2. The highest BCUT2D eigenvalue weighted by atomic mass is 16.5. The Morgan fingerprint density at radius 1 is 1.53 bits per heavy atom. The summed E-state index contributed by atoms with van der Waals surface area (Å²) in [4.78, 5) is 18.5. The molecule has 19 heavy (non-hydrogen) atoms. The highest BCUT2D eigenvalue weighted by Crippen LogP contribution is 2.40. The van der Waals surface area contributed by atoms with Gasteiger partial charge < -0.3 is 15.0 Å². The fraction of sp³-hybridized carbons (Fsp3) is 0.571. The van der Waals surface area contributed by atoms with Crippen molar-refractivity contribution in [2.75, 3.05) is 38.3 Å². The molecule has 102 valence electrons. The summed E-state index contributed by atoms with van der Waals surface area (Å²) >= 11 is 0. The molecule has 1 N–H and O–H groups in total. The molecule has 2 fully saturated rings. The van der Waals surface area contributed by atoms with E-state index in [2.05, 4.69) is 15.2 Å². The van der Waals surface area contributed by atoms with E-state index in [1.54, 1.807) is 19.3 Å². The largest absolute Gasteiger partial charge is 0.381 e. The molecule has 0 aromatic carbocycles. The second-order valence-electron chi connectivity index (χ2n) is 5.43. The van der Waals surface area contributed by atoms with Crippen molar-refractivity contribution in [2.24, 2.45) is 5.41 Å². The van der Waals surface area contributed by atoms with E-state index in [9.17, 15) is 4.79 Å². The molecule has 5 heteroatoms. The molecule has 1 aromatic rings. The number of carbonyl (C=O) groups is 1. The van der Waals surface area contributed by atoms with E-state index < -0.39 is 0 Å². The van der Waals surface area contributed by atoms with E-state index in [4.69, 9.17) is 4.74 Å². The van der Waals surface area contributed by atoms with Gasteiger partial charge >= 0.3 is 0 Å². The van der Waals surface area contributed by atoms with Crippen LogP contribution in [0.2, 0.25) is 0 Å². The molecule has 1 atom stereocenters. The van der Waals surface area contributed by atoms with E-state index in [0.29, 0.717) is 5.56 Å². The van der Waals surface area contributed by atoms with Gasteiger partial charge in [-0.15, -0.1) is 0 Å². The lowest BCUT2D eigenvalue weighted by Gasteiger charge is -2.23. The first-order chi connectivity index (χ1) is 9.24. The predicted molar refractivity (Wildman–Crippen MR) is 72.3 cm³/mol. The Labute approximate surface area is 113 Å². The summed E-state index contributed by atoms with van der Waals surface area (Å²) in [6.07, 6.45) is 3.99. The second kappa shape index (κ2) is 4.81. The van der Waals surface area contributed by atoms with Gasteiger partial charge in [0.1, 0.15) is 5.82 Å². The highest BCUT2D eigenvalue weighted by molar-refractivity contribution is 5.98. The van der Waals surface area contributed by atoms with E-state index in [1.807, 2.05) is 6.07 Å². The van der Waals surface area contributed by atoms with Crippen LogP contribution in [0.3, 0.4) is 0 Å². The molecule has 3 rings (SSSR count). The monoisotopic (exact) mass is 261 g/mol. The van der Waals surface area contributed by atoms with Crippen LogP contribution in [0.5, 0.6) is 0 Å². The SMILES string of the molecule is CNC(=O)c1cccnc1N1CC[C@@]2(CCOC2)C1. The molecule has 0 bridgehead atoms. The average molecular weight is 261 g/mol. The van der Waals surface area contributed by atoms with Gasteiger partial charge in [-0.2, -0.15) is 0 Å². The van der Waals surface area contributed by atoms with Crippen LogP contribution in [-0.4, -0.2) is 44.2 Å². The van der Waals surface area contributed by atoms with Crippen LogP contribution in [-0.2, 0) is 4.74 Å². The Bertz CT molecular complexity index is 483. The van der Waals surface area contributed by atoms with Crippen LogP contribution >= 0.6 is 0 Å². The van der Waals surface area contributed by atoms with Gasteiger partial charge in [-0.05, 0) is 25.0 Å². The second-order valence-corrected chi connectivity index (χ2v) is 5.43. The van der Waals surface area contributed by atoms with Gasteiger partial charge in [0.2, 0.25) is 0 Å². The van der Waals surface area contributed by atoms with Crippen LogP contribution < -0.4 is 10.2 Å². The molecular weight excluding hydrogens is 242 g/mol. The van der Waals surface area contributed by atoms with Gasteiger partial charge in [-0.1, -0.05) is 0 Å². The molecule has 1 spiro atoms. The topological polar surface area (TPSA) is 54.5 Å². The van der Waals surface area contributed by atoms with E-state index in [-0.39, 0.29) is 11.3 Å². The summed E-state index contributed by atoms with van der Waals surface area (Å²) in [5.74, 6) is 0.720. The van der Waals surface area contributed by atoms with Crippen molar-refractivity contribution in [3.63, 3.8) is 0 Å². The molecule has 5 nitrogen and oxygen atoms in total. The zero-order valence-corrected chi connectivity index (χ0v) is 11.2. The third kappa shape index (κ3) is 2.18. The molecule has 0 unspecified atom stereocenters. The fourth-order valence-corrected chi connectivity index (χ4v) is 3.05. The molecule has 2 aliphatic heterocycles. The third-order valence-electron chi connectivity index (χ3n) is 4.18. The number of amides is 1. The zero-order valence-electron chi connectivity index (χ0n) is 11.2. The molecule has 0 aliphatic carbocycles. The van der Waals surface area contributed by atoms with E-state index in [1.165, 1.54) is 0 Å². The maximum atomic E-state index is 11.9. The van der Waals surface area contributed by atoms with Gasteiger partial charge in [0, 0.05) is 38.4 Å². The summed E-state index contributed by atoms with van der Waals surface area (Å²) < 4.78 is 5.54. The van der Waals surface area contributed by atoms with Crippen molar-refractivity contribution >= 4 is 11.7 Å². The van der Waals surface area contributed by atoms with E-state index >= 15 is 0 Å².